The summed E-state index contributed by atoms with van der Waals surface area (Å²) in [4.78, 5) is 45.3. The molecular formula is C24H24O8. The van der Waals surface area contributed by atoms with Crippen molar-refractivity contribution in [1.82, 2.24) is 0 Å². The third-order valence-electron chi connectivity index (χ3n) is 5.74. The Bertz CT molecular complexity index is 991. The van der Waals surface area contributed by atoms with Gasteiger partial charge in [0.25, 0.3) is 0 Å². The molecule has 8 nitrogen and oxygen atoms in total. The average molecular weight is 440 g/mol. The fraction of sp³-hybridized carbons (Fsp3) is 0.333. The molecule has 0 radical (unpaired) electrons. The second kappa shape index (κ2) is 9.64. The molecule has 3 aliphatic rings. The van der Waals surface area contributed by atoms with Gasteiger partial charge in [-0.2, -0.15) is 0 Å². The number of carbonyl (C=O) groups is 4. The van der Waals surface area contributed by atoms with E-state index in [9.17, 15) is 19.2 Å². The minimum atomic E-state index is -1.13. The van der Waals surface area contributed by atoms with Gasteiger partial charge in [-0.3, -0.25) is 0 Å². The molecule has 0 saturated heterocycles. The Morgan fingerprint density at radius 3 is 1.56 bits per heavy atom. The van der Waals surface area contributed by atoms with E-state index < -0.39 is 11.9 Å². The second-order valence-corrected chi connectivity index (χ2v) is 7.77. The number of carboxylic acids is 2. The van der Waals surface area contributed by atoms with Crippen molar-refractivity contribution in [1.29, 1.82) is 0 Å². The zero-order valence-corrected chi connectivity index (χ0v) is 17.8. The maximum atomic E-state index is 12.3. The first kappa shape index (κ1) is 23.0. The number of ether oxygens (including phenoxy) is 2. The number of rotatable bonds is 2. The van der Waals surface area contributed by atoms with Crippen LogP contribution in [-0.2, 0) is 9.47 Å². The third-order valence-corrected chi connectivity index (χ3v) is 5.74. The Kier molecular flexibility index (Phi) is 6.92. The standard InChI is InChI=1S/C16H18O4.C8H6O4/c1-9-10(2)12-8-7-11(9)15(17)19-13-5-3-4-6-14(13)20-16(12)18;9-7(10)5-2-1-3-6(4-5)8(11)12/h7-8,13-14H,3-6H2,1-2H3;1-4H,(H,9,10)(H,11,12). The van der Waals surface area contributed by atoms with Crippen LogP contribution < -0.4 is 0 Å². The summed E-state index contributed by atoms with van der Waals surface area (Å²) in [6, 6.07) is 8.51. The van der Waals surface area contributed by atoms with E-state index in [-0.39, 0.29) is 35.3 Å². The molecule has 2 N–H and O–H groups in total. The van der Waals surface area contributed by atoms with Crippen LogP contribution in [0.25, 0.3) is 0 Å². The molecule has 2 aliphatic heterocycles. The smallest absolute Gasteiger partial charge is 0.338 e. The van der Waals surface area contributed by atoms with Gasteiger partial charge in [-0.25, -0.2) is 19.2 Å². The zero-order chi connectivity index (χ0) is 23.4. The van der Waals surface area contributed by atoms with Gasteiger partial charge in [-0.05, 0) is 81.0 Å². The predicted octanol–water partition coefficient (Wildman–Crippen LogP) is 4.02. The van der Waals surface area contributed by atoms with E-state index in [1.807, 2.05) is 13.8 Å². The molecule has 0 aromatic heterocycles. The van der Waals surface area contributed by atoms with Crippen molar-refractivity contribution in [2.75, 3.05) is 0 Å². The lowest BCUT2D eigenvalue weighted by Crippen LogP contribution is -2.38. The topological polar surface area (TPSA) is 127 Å². The van der Waals surface area contributed by atoms with Gasteiger partial charge in [-0.1, -0.05) is 6.07 Å². The van der Waals surface area contributed by atoms with Crippen LogP contribution in [0, 0.1) is 13.8 Å². The lowest BCUT2D eigenvalue weighted by molar-refractivity contribution is -0.0519. The van der Waals surface area contributed by atoms with E-state index in [0.29, 0.717) is 11.1 Å². The number of fused-ring (bicyclic) bond motifs is 4. The second-order valence-electron chi connectivity index (χ2n) is 7.77. The Morgan fingerprint density at radius 2 is 1.19 bits per heavy atom. The first-order valence-electron chi connectivity index (χ1n) is 10.3. The van der Waals surface area contributed by atoms with E-state index in [2.05, 4.69) is 0 Å². The Morgan fingerprint density at radius 1 is 0.781 bits per heavy atom. The van der Waals surface area contributed by atoms with Crippen LogP contribution >= 0.6 is 0 Å². The summed E-state index contributed by atoms with van der Waals surface area (Å²) in [5, 5.41) is 17.0. The molecule has 2 aromatic rings. The fourth-order valence-electron chi connectivity index (χ4n) is 3.78. The van der Waals surface area contributed by atoms with E-state index in [4.69, 9.17) is 19.7 Å². The largest absolute Gasteiger partial charge is 0.478 e. The van der Waals surface area contributed by atoms with E-state index in [1.54, 1.807) is 12.1 Å². The van der Waals surface area contributed by atoms with E-state index in [1.165, 1.54) is 18.2 Å². The number of benzene rings is 2. The van der Waals surface area contributed by atoms with Gasteiger partial charge in [0.05, 0.1) is 22.3 Å². The van der Waals surface area contributed by atoms with Crippen LogP contribution in [0.2, 0.25) is 0 Å². The van der Waals surface area contributed by atoms with Gasteiger partial charge in [0.1, 0.15) is 12.2 Å². The highest BCUT2D eigenvalue weighted by Gasteiger charge is 2.34. The number of esters is 2. The van der Waals surface area contributed by atoms with Crippen LogP contribution in [-0.4, -0.2) is 46.3 Å². The van der Waals surface area contributed by atoms with Crippen molar-refractivity contribution in [2.24, 2.45) is 0 Å². The SMILES string of the molecule is Cc1c2ccc(c1C)C(=O)OC1CCCCC1OC2=O.O=C(O)c1cccc(C(=O)O)c1. The molecule has 168 valence electrons. The molecule has 1 fully saturated rings. The molecule has 2 atom stereocenters. The van der Waals surface area contributed by atoms with Crippen LogP contribution in [0.5, 0.6) is 0 Å². The highest BCUT2D eigenvalue weighted by molar-refractivity contribution is 5.97. The van der Waals surface area contributed by atoms with Crippen molar-refractivity contribution in [3.8, 4) is 0 Å². The number of hydrogen-bond donors (Lipinski definition) is 2. The molecular weight excluding hydrogens is 416 g/mol. The van der Waals surface area contributed by atoms with Crippen LogP contribution in [0.3, 0.4) is 0 Å². The zero-order valence-electron chi connectivity index (χ0n) is 17.8. The van der Waals surface area contributed by atoms with Crippen molar-refractivity contribution < 1.29 is 38.9 Å². The maximum absolute atomic E-state index is 12.3. The molecule has 1 aliphatic carbocycles. The van der Waals surface area contributed by atoms with Crippen molar-refractivity contribution >= 4 is 23.9 Å². The number of carboxylic acid groups (broad SMARTS) is 2. The van der Waals surface area contributed by atoms with Crippen LogP contribution in [0.1, 0.15) is 78.2 Å². The first-order valence-corrected chi connectivity index (χ1v) is 10.3. The Balaban J connectivity index is 0.000000207. The highest BCUT2D eigenvalue weighted by Crippen LogP contribution is 2.29. The van der Waals surface area contributed by atoms with Gasteiger partial charge in [0.15, 0.2) is 0 Å². The lowest BCUT2D eigenvalue weighted by Gasteiger charge is -2.32. The van der Waals surface area contributed by atoms with Crippen molar-refractivity contribution in [3.63, 3.8) is 0 Å². The molecule has 5 rings (SSSR count). The van der Waals surface area contributed by atoms with Crippen molar-refractivity contribution in [3.05, 3.63) is 69.8 Å². The summed E-state index contributed by atoms with van der Waals surface area (Å²) >= 11 is 0. The summed E-state index contributed by atoms with van der Waals surface area (Å²) in [5.41, 5.74) is 2.64. The molecule has 0 spiro atoms. The van der Waals surface area contributed by atoms with Gasteiger partial charge >= 0.3 is 23.9 Å². The number of hydrogen-bond acceptors (Lipinski definition) is 6. The number of aromatic carboxylic acids is 2. The summed E-state index contributed by atoms with van der Waals surface area (Å²) in [5.74, 6) is -2.88. The van der Waals surface area contributed by atoms with Crippen LogP contribution in [0.15, 0.2) is 36.4 Å². The highest BCUT2D eigenvalue weighted by atomic mass is 16.6. The molecule has 1 saturated carbocycles. The summed E-state index contributed by atoms with van der Waals surface area (Å²) in [6.07, 6.45) is 2.90. The first-order chi connectivity index (χ1) is 15.2. The molecule has 8 heteroatoms. The molecule has 2 bridgehead atoms. The molecule has 32 heavy (non-hydrogen) atoms. The predicted molar refractivity (Wildman–Crippen MR) is 113 cm³/mol. The molecule has 2 unspecified atom stereocenters. The van der Waals surface area contributed by atoms with Gasteiger partial charge < -0.3 is 19.7 Å². The number of carbonyl (C=O) groups excluding carboxylic acids is 2. The van der Waals surface area contributed by atoms with Crippen LogP contribution in [0.4, 0.5) is 0 Å². The fourth-order valence-corrected chi connectivity index (χ4v) is 3.78. The minimum absolute atomic E-state index is 0.0186. The minimum Gasteiger partial charge on any atom is -0.478 e. The van der Waals surface area contributed by atoms with Crippen molar-refractivity contribution in [2.45, 2.75) is 51.7 Å². The Labute approximate surface area is 184 Å². The quantitative estimate of drug-likeness (QED) is 0.670. The monoisotopic (exact) mass is 440 g/mol. The lowest BCUT2D eigenvalue weighted by atomic mass is 9.93. The third kappa shape index (κ3) is 4.96. The molecule has 2 aromatic carbocycles. The molecule has 2 heterocycles. The van der Waals surface area contributed by atoms with E-state index >= 15 is 0 Å². The summed E-state index contributed by atoms with van der Waals surface area (Å²) < 4.78 is 11.2. The van der Waals surface area contributed by atoms with Gasteiger partial charge in [-0.15, -0.1) is 0 Å². The normalized spacial score (nSPS) is 19.6. The van der Waals surface area contributed by atoms with E-state index in [0.717, 1.165) is 42.9 Å². The van der Waals surface area contributed by atoms with Gasteiger partial charge in [0, 0.05) is 0 Å². The van der Waals surface area contributed by atoms with Gasteiger partial charge in [0.2, 0.25) is 0 Å². The molecule has 0 amide bonds. The summed E-state index contributed by atoms with van der Waals surface area (Å²) in [7, 11) is 0. The average Bonchev–Trinajstić information content (AvgIpc) is 2.77. The Hall–Kier alpha value is -3.68. The summed E-state index contributed by atoms with van der Waals surface area (Å²) in [6.45, 7) is 3.67. The maximum Gasteiger partial charge on any atom is 0.338 e.